The van der Waals surface area contributed by atoms with Gasteiger partial charge in [-0.25, -0.2) is 4.98 Å². The molecule has 0 aliphatic rings. The number of benzene rings is 1. The molecule has 0 fully saturated rings. The number of hydrogen-bond acceptors (Lipinski definition) is 2. The van der Waals surface area contributed by atoms with Gasteiger partial charge in [-0.1, -0.05) is 31.2 Å². The second-order valence-corrected chi connectivity index (χ2v) is 4.33. The van der Waals surface area contributed by atoms with Crippen molar-refractivity contribution in [3.63, 3.8) is 0 Å². The third-order valence-corrected chi connectivity index (χ3v) is 3.13. The van der Waals surface area contributed by atoms with Gasteiger partial charge in [-0.2, -0.15) is 0 Å². The molecule has 1 heterocycles. The van der Waals surface area contributed by atoms with Crippen molar-refractivity contribution in [1.82, 2.24) is 9.55 Å². The van der Waals surface area contributed by atoms with Gasteiger partial charge in [0, 0.05) is 25.0 Å². The molecule has 3 nitrogen and oxygen atoms in total. The number of nitrogens with zero attached hydrogens (tertiary/aromatic N) is 2. The highest BCUT2D eigenvalue weighted by molar-refractivity contribution is 5.24. The topological polar surface area (TPSA) is 43.8 Å². The predicted molar refractivity (Wildman–Crippen MR) is 69.7 cm³/mol. The molecule has 2 rings (SSSR count). The molecule has 3 heteroatoms. The Balaban J connectivity index is 2.09. The zero-order chi connectivity index (χ0) is 12.3. The molecule has 0 saturated heterocycles. The lowest BCUT2D eigenvalue weighted by molar-refractivity contribution is 0.565. The number of aromatic nitrogens is 2. The van der Waals surface area contributed by atoms with Gasteiger partial charge in [-0.15, -0.1) is 0 Å². The van der Waals surface area contributed by atoms with E-state index in [1.165, 1.54) is 11.1 Å². The third kappa shape index (κ3) is 2.74. The van der Waals surface area contributed by atoms with Crippen LogP contribution in [0.3, 0.4) is 0 Å². The summed E-state index contributed by atoms with van der Waals surface area (Å²) in [6, 6.07) is 8.56. The molecule has 0 saturated carbocycles. The molecule has 90 valence electrons. The van der Waals surface area contributed by atoms with E-state index >= 15 is 0 Å². The zero-order valence-corrected chi connectivity index (χ0v) is 10.4. The van der Waals surface area contributed by atoms with E-state index in [9.17, 15) is 0 Å². The van der Waals surface area contributed by atoms with E-state index in [1.807, 2.05) is 19.3 Å². The summed E-state index contributed by atoms with van der Waals surface area (Å²) in [5.41, 5.74) is 8.72. The maximum Gasteiger partial charge on any atom is 0.105 e. The predicted octanol–water partition coefficient (Wildman–Crippen LogP) is 2.45. The van der Waals surface area contributed by atoms with Crippen molar-refractivity contribution in [3.8, 4) is 0 Å². The van der Waals surface area contributed by atoms with E-state index in [2.05, 4.69) is 40.7 Å². The van der Waals surface area contributed by atoms with Crippen molar-refractivity contribution in [2.45, 2.75) is 32.9 Å². The van der Waals surface area contributed by atoms with Crippen LogP contribution in [-0.4, -0.2) is 9.55 Å². The minimum absolute atomic E-state index is 0.0220. The first-order valence-corrected chi connectivity index (χ1v) is 6.03. The van der Waals surface area contributed by atoms with Gasteiger partial charge in [-0.05, 0) is 24.5 Å². The van der Waals surface area contributed by atoms with Crippen LogP contribution in [0.4, 0.5) is 0 Å². The van der Waals surface area contributed by atoms with E-state index in [4.69, 9.17) is 5.73 Å². The Labute approximate surface area is 102 Å². The summed E-state index contributed by atoms with van der Waals surface area (Å²) in [7, 11) is 0. The van der Waals surface area contributed by atoms with Gasteiger partial charge < -0.3 is 10.3 Å². The molecule has 0 amide bonds. The van der Waals surface area contributed by atoms with Gasteiger partial charge in [0.25, 0.3) is 0 Å². The van der Waals surface area contributed by atoms with Gasteiger partial charge in [0.15, 0.2) is 0 Å². The standard InChI is InChI=1S/C14H19N3/c1-3-12-4-6-13(7-5-12)14(15)10-17-9-8-16-11(17)2/h4-9,14H,3,10,15H2,1-2H3. The molecule has 1 aromatic heterocycles. The first kappa shape index (κ1) is 11.9. The first-order valence-electron chi connectivity index (χ1n) is 6.03. The third-order valence-electron chi connectivity index (χ3n) is 3.13. The number of imidazole rings is 1. The lowest BCUT2D eigenvalue weighted by atomic mass is 10.0. The molecule has 0 aliphatic carbocycles. The highest BCUT2D eigenvalue weighted by atomic mass is 15.1. The quantitative estimate of drug-likeness (QED) is 0.875. The van der Waals surface area contributed by atoms with Crippen LogP contribution in [0.1, 0.15) is 29.9 Å². The Morgan fingerprint density at radius 1 is 1.29 bits per heavy atom. The molecule has 0 spiro atoms. The fraction of sp³-hybridized carbons (Fsp3) is 0.357. The Hall–Kier alpha value is -1.61. The number of aryl methyl sites for hydroxylation is 2. The van der Waals surface area contributed by atoms with Gasteiger partial charge in [-0.3, -0.25) is 0 Å². The van der Waals surface area contributed by atoms with Crippen LogP contribution >= 0.6 is 0 Å². The lowest BCUT2D eigenvalue weighted by Crippen LogP contribution is -2.18. The smallest absolute Gasteiger partial charge is 0.105 e. The minimum atomic E-state index is 0.0220. The number of rotatable bonds is 4. The number of hydrogen-bond donors (Lipinski definition) is 1. The Morgan fingerprint density at radius 2 is 2.00 bits per heavy atom. The maximum absolute atomic E-state index is 6.20. The SMILES string of the molecule is CCc1ccc(C(N)Cn2ccnc2C)cc1. The average molecular weight is 229 g/mol. The maximum atomic E-state index is 6.20. The first-order chi connectivity index (χ1) is 8.20. The normalized spacial score (nSPS) is 12.6. The van der Waals surface area contributed by atoms with Crippen molar-refractivity contribution < 1.29 is 0 Å². The summed E-state index contributed by atoms with van der Waals surface area (Å²) in [6.07, 6.45) is 4.84. The molecular weight excluding hydrogens is 210 g/mol. The average Bonchev–Trinajstić information content (AvgIpc) is 2.75. The van der Waals surface area contributed by atoms with Gasteiger partial charge in [0.05, 0.1) is 0 Å². The van der Waals surface area contributed by atoms with E-state index in [1.54, 1.807) is 0 Å². The molecule has 2 aromatic rings. The molecule has 1 unspecified atom stereocenters. The Kier molecular flexibility index (Phi) is 3.59. The van der Waals surface area contributed by atoms with Crippen LogP contribution in [-0.2, 0) is 13.0 Å². The Bertz CT molecular complexity index is 470. The molecule has 2 N–H and O–H groups in total. The van der Waals surface area contributed by atoms with E-state index in [-0.39, 0.29) is 6.04 Å². The second kappa shape index (κ2) is 5.15. The van der Waals surface area contributed by atoms with Gasteiger partial charge in [0.1, 0.15) is 5.82 Å². The summed E-state index contributed by atoms with van der Waals surface area (Å²) in [5.74, 6) is 1.01. The van der Waals surface area contributed by atoms with Crippen molar-refractivity contribution in [2.24, 2.45) is 5.73 Å². The van der Waals surface area contributed by atoms with Crippen LogP contribution < -0.4 is 5.73 Å². The van der Waals surface area contributed by atoms with Crippen LogP contribution in [0.5, 0.6) is 0 Å². The molecular formula is C14H19N3. The summed E-state index contributed by atoms with van der Waals surface area (Å²) in [4.78, 5) is 4.20. The molecule has 0 aliphatic heterocycles. The highest BCUT2D eigenvalue weighted by Crippen LogP contribution is 2.14. The lowest BCUT2D eigenvalue weighted by Gasteiger charge is -2.14. The largest absolute Gasteiger partial charge is 0.333 e. The second-order valence-electron chi connectivity index (χ2n) is 4.33. The summed E-state index contributed by atoms with van der Waals surface area (Å²) in [6.45, 7) is 4.92. The van der Waals surface area contributed by atoms with E-state index < -0.39 is 0 Å². The number of nitrogens with two attached hydrogens (primary N) is 1. The summed E-state index contributed by atoms with van der Waals surface area (Å²) in [5, 5.41) is 0. The zero-order valence-electron chi connectivity index (χ0n) is 10.4. The molecule has 0 radical (unpaired) electrons. The fourth-order valence-corrected chi connectivity index (χ4v) is 1.91. The van der Waals surface area contributed by atoms with Crippen molar-refractivity contribution in [3.05, 3.63) is 53.6 Å². The highest BCUT2D eigenvalue weighted by Gasteiger charge is 2.07. The summed E-state index contributed by atoms with van der Waals surface area (Å²) < 4.78 is 2.08. The van der Waals surface area contributed by atoms with Crippen LogP contribution in [0.25, 0.3) is 0 Å². The van der Waals surface area contributed by atoms with Crippen molar-refractivity contribution in [2.75, 3.05) is 0 Å². The molecule has 1 aromatic carbocycles. The Morgan fingerprint density at radius 3 is 2.53 bits per heavy atom. The molecule has 1 atom stereocenters. The van der Waals surface area contributed by atoms with Gasteiger partial charge in [0.2, 0.25) is 0 Å². The molecule has 0 bridgehead atoms. The minimum Gasteiger partial charge on any atom is -0.333 e. The van der Waals surface area contributed by atoms with Crippen molar-refractivity contribution >= 4 is 0 Å². The monoisotopic (exact) mass is 229 g/mol. The van der Waals surface area contributed by atoms with Crippen molar-refractivity contribution in [1.29, 1.82) is 0 Å². The van der Waals surface area contributed by atoms with Crippen LogP contribution in [0.2, 0.25) is 0 Å². The fourth-order valence-electron chi connectivity index (χ4n) is 1.91. The summed E-state index contributed by atoms with van der Waals surface area (Å²) >= 11 is 0. The van der Waals surface area contributed by atoms with E-state index in [0.29, 0.717) is 0 Å². The van der Waals surface area contributed by atoms with Crippen LogP contribution in [0, 0.1) is 6.92 Å². The molecule has 17 heavy (non-hydrogen) atoms. The van der Waals surface area contributed by atoms with Gasteiger partial charge >= 0.3 is 0 Å². The van der Waals surface area contributed by atoms with E-state index in [0.717, 1.165) is 18.8 Å². The van der Waals surface area contributed by atoms with Crippen LogP contribution in [0.15, 0.2) is 36.7 Å².